The minimum atomic E-state index is -0.155. The predicted octanol–water partition coefficient (Wildman–Crippen LogP) is 3.53. The summed E-state index contributed by atoms with van der Waals surface area (Å²) in [6.07, 6.45) is 3.36. The molecule has 0 saturated carbocycles. The van der Waals surface area contributed by atoms with Crippen molar-refractivity contribution in [3.05, 3.63) is 59.2 Å². The van der Waals surface area contributed by atoms with Crippen LogP contribution in [0.1, 0.15) is 16.7 Å². The van der Waals surface area contributed by atoms with Gasteiger partial charge in [0.1, 0.15) is 23.9 Å². The molecule has 26 heavy (non-hydrogen) atoms. The van der Waals surface area contributed by atoms with Crippen molar-refractivity contribution < 1.29 is 19.0 Å². The van der Waals surface area contributed by atoms with Crippen LogP contribution < -0.4 is 19.5 Å². The van der Waals surface area contributed by atoms with Crippen molar-refractivity contribution in [2.24, 2.45) is 0 Å². The van der Waals surface area contributed by atoms with Crippen LogP contribution in [0.4, 0.5) is 0 Å². The van der Waals surface area contributed by atoms with Gasteiger partial charge in [-0.25, -0.2) is 0 Å². The molecule has 0 bridgehead atoms. The highest BCUT2D eigenvalue weighted by atomic mass is 16.5. The molecule has 2 aromatic rings. The average molecular weight is 355 g/mol. The van der Waals surface area contributed by atoms with E-state index in [1.807, 2.05) is 56.3 Å². The second-order valence-corrected chi connectivity index (χ2v) is 5.82. The van der Waals surface area contributed by atoms with Crippen LogP contribution in [0.25, 0.3) is 6.08 Å². The first-order valence-electron chi connectivity index (χ1n) is 8.41. The Hall–Kier alpha value is -2.95. The Labute approximate surface area is 154 Å². The molecule has 0 aliphatic carbocycles. The molecule has 0 radical (unpaired) electrons. The van der Waals surface area contributed by atoms with E-state index in [4.69, 9.17) is 14.2 Å². The first-order valence-corrected chi connectivity index (χ1v) is 8.41. The molecule has 1 amide bonds. The summed E-state index contributed by atoms with van der Waals surface area (Å²) in [7, 11) is 3.26. The molecule has 0 saturated heterocycles. The Kier molecular flexibility index (Phi) is 7.09. The van der Waals surface area contributed by atoms with Gasteiger partial charge in [0.25, 0.3) is 0 Å². The van der Waals surface area contributed by atoms with E-state index in [1.54, 1.807) is 14.2 Å². The summed E-state index contributed by atoms with van der Waals surface area (Å²) in [5.41, 5.74) is 3.15. The third kappa shape index (κ3) is 5.55. The molecule has 0 unspecified atom stereocenters. The van der Waals surface area contributed by atoms with Crippen molar-refractivity contribution in [1.82, 2.24) is 5.32 Å². The van der Waals surface area contributed by atoms with E-state index < -0.39 is 0 Å². The van der Waals surface area contributed by atoms with Gasteiger partial charge in [-0.1, -0.05) is 0 Å². The van der Waals surface area contributed by atoms with Crippen molar-refractivity contribution in [3.63, 3.8) is 0 Å². The molecule has 0 aliphatic heterocycles. The smallest absolute Gasteiger partial charge is 0.244 e. The number of amides is 1. The van der Waals surface area contributed by atoms with Gasteiger partial charge in [0, 0.05) is 6.08 Å². The van der Waals surface area contributed by atoms with E-state index >= 15 is 0 Å². The molecule has 0 aliphatic rings. The quantitative estimate of drug-likeness (QED) is 0.581. The molecule has 138 valence electrons. The second kappa shape index (κ2) is 9.51. The third-order valence-corrected chi connectivity index (χ3v) is 3.93. The Morgan fingerprint density at radius 3 is 2.12 bits per heavy atom. The molecule has 0 aromatic heterocycles. The number of carbonyl (C=O) groups is 1. The maximum absolute atomic E-state index is 12.0. The summed E-state index contributed by atoms with van der Waals surface area (Å²) >= 11 is 0. The molecule has 5 heteroatoms. The SMILES string of the molecule is COc1ccc(OCCNC(=O)/C=C/c2c(C)cc(OC)cc2C)cc1. The van der Waals surface area contributed by atoms with Gasteiger partial charge >= 0.3 is 0 Å². The fourth-order valence-electron chi connectivity index (χ4n) is 2.55. The molecule has 1 N–H and O–H groups in total. The third-order valence-electron chi connectivity index (χ3n) is 3.93. The second-order valence-electron chi connectivity index (χ2n) is 5.82. The maximum Gasteiger partial charge on any atom is 0.244 e. The van der Waals surface area contributed by atoms with E-state index in [9.17, 15) is 4.79 Å². The molecule has 0 heterocycles. The van der Waals surface area contributed by atoms with Gasteiger partial charge in [-0.15, -0.1) is 0 Å². The zero-order valence-corrected chi connectivity index (χ0v) is 15.7. The van der Waals surface area contributed by atoms with Crippen LogP contribution in [-0.2, 0) is 4.79 Å². The summed E-state index contributed by atoms with van der Waals surface area (Å²) in [6, 6.07) is 11.2. The highest BCUT2D eigenvalue weighted by Crippen LogP contribution is 2.22. The maximum atomic E-state index is 12.0. The normalized spacial score (nSPS) is 10.6. The lowest BCUT2D eigenvalue weighted by atomic mass is 10.0. The number of methoxy groups -OCH3 is 2. The van der Waals surface area contributed by atoms with Gasteiger partial charge in [-0.3, -0.25) is 4.79 Å². The number of hydrogen-bond donors (Lipinski definition) is 1. The number of rotatable bonds is 8. The highest BCUT2D eigenvalue weighted by Gasteiger charge is 2.04. The number of nitrogens with one attached hydrogen (secondary N) is 1. The standard InChI is InChI=1S/C21H25NO4/c1-15-13-19(25-4)14-16(2)20(15)9-10-21(23)22-11-12-26-18-7-5-17(24-3)6-8-18/h5-10,13-14H,11-12H2,1-4H3,(H,22,23)/b10-9+. The van der Waals surface area contributed by atoms with E-state index in [2.05, 4.69) is 5.32 Å². The van der Waals surface area contributed by atoms with E-state index in [-0.39, 0.29) is 5.91 Å². The topological polar surface area (TPSA) is 56.8 Å². The van der Waals surface area contributed by atoms with E-state index in [0.717, 1.165) is 33.9 Å². The predicted molar refractivity (Wildman–Crippen MR) is 103 cm³/mol. The van der Waals surface area contributed by atoms with Crippen molar-refractivity contribution in [1.29, 1.82) is 0 Å². The van der Waals surface area contributed by atoms with Gasteiger partial charge in [0.15, 0.2) is 0 Å². The Morgan fingerprint density at radius 2 is 1.54 bits per heavy atom. The number of carbonyl (C=O) groups excluding carboxylic acids is 1. The number of benzene rings is 2. The molecule has 2 aromatic carbocycles. The first kappa shape index (κ1) is 19.4. The monoisotopic (exact) mass is 355 g/mol. The fraction of sp³-hybridized carbons (Fsp3) is 0.286. The van der Waals surface area contributed by atoms with Gasteiger partial charge in [-0.05, 0) is 73.0 Å². The molecular formula is C21H25NO4. The lowest BCUT2D eigenvalue weighted by molar-refractivity contribution is -0.116. The van der Waals surface area contributed by atoms with Crippen molar-refractivity contribution in [3.8, 4) is 17.2 Å². The molecular weight excluding hydrogens is 330 g/mol. The van der Waals surface area contributed by atoms with Crippen LogP contribution in [0.3, 0.4) is 0 Å². The van der Waals surface area contributed by atoms with Crippen molar-refractivity contribution in [2.75, 3.05) is 27.4 Å². The zero-order chi connectivity index (χ0) is 18.9. The molecule has 0 spiro atoms. The summed E-state index contributed by atoms with van der Waals surface area (Å²) in [5, 5.41) is 2.81. The highest BCUT2D eigenvalue weighted by molar-refractivity contribution is 5.92. The molecule has 0 fully saturated rings. The first-order chi connectivity index (χ1) is 12.5. The van der Waals surface area contributed by atoms with Crippen LogP contribution in [0.5, 0.6) is 17.2 Å². The summed E-state index contributed by atoms with van der Waals surface area (Å²) in [6.45, 7) is 4.81. The van der Waals surface area contributed by atoms with Crippen molar-refractivity contribution in [2.45, 2.75) is 13.8 Å². The minimum Gasteiger partial charge on any atom is -0.497 e. The summed E-state index contributed by atoms with van der Waals surface area (Å²) in [5.74, 6) is 2.18. The van der Waals surface area contributed by atoms with Gasteiger partial charge in [0.2, 0.25) is 5.91 Å². The Balaban J connectivity index is 1.80. The van der Waals surface area contributed by atoms with Crippen LogP contribution in [0.2, 0.25) is 0 Å². The zero-order valence-electron chi connectivity index (χ0n) is 15.7. The number of aryl methyl sites for hydroxylation is 2. The van der Waals surface area contributed by atoms with Gasteiger partial charge in [0.05, 0.1) is 20.8 Å². The van der Waals surface area contributed by atoms with Crippen LogP contribution in [0.15, 0.2) is 42.5 Å². The van der Waals surface area contributed by atoms with Gasteiger partial charge < -0.3 is 19.5 Å². The largest absolute Gasteiger partial charge is 0.497 e. The van der Waals surface area contributed by atoms with Crippen LogP contribution in [0, 0.1) is 13.8 Å². The van der Waals surface area contributed by atoms with Crippen molar-refractivity contribution >= 4 is 12.0 Å². The van der Waals surface area contributed by atoms with Gasteiger partial charge in [-0.2, -0.15) is 0 Å². The van der Waals surface area contributed by atoms with Crippen LogP contribution >= 0.6 is 0 Å². The van der Waals surface area contributed by atoms with E-state index in [0.29, 0.717) is 13.2 Å². The lowest BCUT2D eigenvalue weighted by Crippen LogP contribution is -2.26. The number of hydrogen-bond acceptors (Lipinski definition) is 4. The molecule has 5 nitrogen and oxygen atoms in total. The average Bonchev–Trinajstić information content (AvgIpc) is 2.64. The van der Waals surface area contributed by atoms with E-state index in [1.165, 1.54) is 6.08 Å². The lowest BCUT2D eigenvalue weighted by Gasteiger charge is -2.09. The Bertz CT molecular complexity index is 743. The number of ether oxygens (including phenoxy) is 3. The minimum absolute atomic E-state index is 0.155. The fourth-order valence-corrected chi connectivity index (χ4v) is 2.55. The van der Waals surface area contributed by atoms with Crippen LogP contribution in [-0.4, -0.2) is 33.3 Å². The summed E-state index contributed by atoms with van der Waals surface area (Å²) < 4.78 is 15.9. The molecule has 0 atom stereocenters. The summed E-state index contributed by atoms with van der Waals surface area (Å²) in [4.78, 5) is 12.0. The Morgan fingerprint density at radius 1 is 0.962 bits per heavy atom. The molecule has 2 rings (SSSR count).